The molecule has 0 N–H and O–H groups in total. The predicted octanol–water partition coefficient (Wildman–Crippen LogP) is 4.19. The summed E-state index contributed by atoms with van der Waals surface area (Å²) < 4.78 is 13.1. The molecule has 2 amide bonds. The predicted molar refractivity (Wildman–Crippen MR) is 95.2 cm³/mol. The van der Waals surface area contributed by atoms with Crippen LogP contribution in [0.4, 0.5) is 9.18 Å². The van der Waals surface area contributed by atoms with E-state index in [0.717, 1.165) is 30.5 Å². The number of halogens is 1. The van der Waals surface area contributed by atoms with Crippen molar-refractivity contribution < 1.29 is 9.18 Å². The lowest BCUT2D eigenvalue weighted by Crippen LogP contribution is -2.50. The Kier molecular flexibility index (Phi) is 5.37. The third-order valence-corrected chi connectivity index (χ3v) is 5.28. The number of allylic oxidation sites excluding steroid dienone is 1. The standard InChI is InChI=1S/C20H24FN3O/c1-15-4-2-3-11-24(15)20(25)23-12-9-17(10-13-23)19(14-22)16-5-7-18(21)8-6-16/h5-8,15H,2-4,9-13H2,1H3/t15-/m1/s1. The van der Waals surface area contributed by atoms with E-state index < -0.39 is 0 Å². The molecule has 2 heterocycles. The fourth-order valence-electron chi connectivity index (χ4n) is 3.75. The van der Waals surface area contributed by atoms with Gasteiger partial charge in [0.25, 0.3) is 0 Å². The number of benzene rings is 1. The first-order valence-electron chi connectivity index (χ1n) is 9.03. The minimum absolute atomic E-state index is 0.131. The first kappa shape index (κ1) is 17.5. The highest BCUT2D eigenvalue weighted by molar-refractivity contribution is 5.80. The van der Waals surface area contributed by atoms with E-state index in [1.807, 2.05) is 9.80 Å². The molecule has 1 aromatic rings. The number of urea groups is 1. The highest BCUT2D eigenvalue weighted by Crippen LogP contribution is 2.28. The molecule has 1 aromatic carbocycles. The molecule has 2 saturated heterocycles. The SMILES string of the molecule is C[C@@H]1CCCCN1C(=O)N1CCC(=C(C#N)c2ccc(F)cc2)CC1. The van der Waals surface area contributed by atoms with Crippen molar-refractivity contribution in [2.24, 2.45) is 0 Å². The van der Waals surface area contributed by atoms with Gasteiger partial charge in [0.1, 0.15) is 5.82 Å². The normalized spacial score (nSPS) is 21.0. The molecule has 0 unspecified atom stereocenters. The van der Waals surface area contributed by atoms with Gasteiger partial charge >= 0.3 is 6.03 Å². The van der Waals surface area contributed by atoms with Crippen LogP contribution in [0.15, 0.2) is 29.8 Å². The molecule has 2 aliphatic heterocycles. The first-order valence-corrected chi connectivity index (χ1v) is 9.03. The van der Waals surface area contributed by atoms with Gasteiger partial charge in [-0.05, 0) is 62.3 Å². The molecule has 2 aliphatic rings. The van der Waals surface area contributed by atoms with Gasteiger partial charge in [-0.25, -0.2) is 9.18 Å². The van der Waals surface area contributed by atoms with Crippen LogP contribution in [0, 0.1) is 17.1 Å². The average molecular weight is 341 g/mol. The largest absolute Gasteiger partial charge is 0.324 e. The van der Waals surface area contributed by atoms with E-state index in [4.69, 9.17) is 0 Å². The van der Waals surface area contributed by atoms with Gasteiger partial charge in [0.05, 0.1) is 11.6 Å². The Morgan fingerprint density at radius 2 is 1.84 bits per heavy atom. The third-order valence-electron chi connectivity index (χ3n) is 5.28. The van der Waals surface area contributed by atoms with Crippen molar-refractivity contribution in [3.8, 4) is 6.07 Å². The Bertz CT molecular complexity index is 695. The highest BCUT2D eigenvalue weighted by Gasteiger charge is 2.29. The van der Waals surface area contributed by atoms with Gasteiger partial charge in [-0.3, -0.25) is 0 Å². The third kappa shape index (κ3) is 3.84. The van der Waals surface area contributed by atoms with E-state index >= 15 is 0 Å². The van der Waals surface area contributed by atoms with E-state index in [1.165, 1.54) is 18.6 Å². The van der Waals surface area contributed by atoms with Crippen molar-refractivity contribution >= 4 is 11.6 Å². The fraction of sp³-hybridized carbons (Fsp3) is 0.500. The van der Waals surface area contributed by atoms with Gasteiger partial charge < -0.3 is 9.80 Å². The van der Waals surface area contributed by atoms with Crippen LogP contribution < -0.4 is 0 Å². The number of nitriles is 1. The zero-order chi connectivity index (χ0) is 17.8. The molecule has 1 atom stereocenters. The number of piperidine rings is 2. The lowest BCUT2D eigenvalue weighted by atomic mass is 9.94. The van der Waals surface area contributed by atoms with Gasteiger partial charge in [-0.15, -0.1) is 0 Å². The number of rotatable bonds is 1. The Morgan fingerprint density at radius 1 is 1.16 bits per heavy atom. The molecule has 0 spiro atoms. The maximum absolute atomic E-state index is 13.1. The smallest absolute Gasteiger partial charge is 0.320 e. The van der Waals surface area contributed by atoms with E-state index in [9.17, 15) is 14.4 Å². The van der Waals surface area contributed by atoms with Crippen LogP contribution in [0.5, 0.6) is 0 Å². The quantitative estimate of drug-likeness (QED) is 0.719. The zero-order valence-corrected chi connectivity index (χ0v) is 14.7. The number of likely N-dealkylation sites (tertiary alicyclic amines) is 2. The molecule has 4 nitrogen and oxygen atoms in total. The fourth-order valence-corrected chi connectivity index (χ4v) is 3.75. The van der Waals surface area contributed by atoms with Crippen molar-refractivity contribution in [3.05, 3.63) is 41.2 Å². The summed E-state index contributed by atoms with van der Waals surface area (Å²) in [4.78, 5) is 16.6. The molecule has 0 bridgehead atoms. The van der Waals surface area contributed by atoms with Crippen LogP contribution in [0.25, 0.3) is 5.57 Å². The van der Waals surface area contributed by atoms with Crippen molar-refractivity contribution in [2.45, 2.75) is 45.1 Å². The monoisotopic (exact) mass is 341 g/mol. The van der Waals surface area contributed by atoms with E-state index in [1.54, 1.807) is 12.1 Å². The van der Waals surface area contributed by atoms with Crippen molar-refractivity contribution in [2.75, 3.05) is 19.6 Å². The summed E-state index contributed by atoms with van der Waals surface area (Å²) in [6, 6.07) is 8.76. The summed E-state index contributed by atoms with van der Waals surface area (Å²) in [5.74, 6) is -0.304. The molecular weight excluding hydrogens is 317 g/mol. The Balaban J connectivity index is 1.69. The molecule has 0 aliphatic carbocycles. The van der Waals surface area contributed by atoms with Crippen LogP contribution in [-0.4, -0.2) is 41.5 Å². The Morgan fingerprint density at radius 3 is 2.44 bits per heavy atom. The molecule has 0 radical (unpaired) electrons. The lowest BCUT2D eigenvalue weighted by molar-refractivity contribution is 0.118. The number of amides is 2. The highest BCUT2D eigenvalue weighted by atomic mass is 19.1. The molecule has 132 valence electrons. The van der Waals surface area contributed by atoms with Crippen molar-refractivity contribution in [1.82, 2.24) is 9.80 Å². The average Bonchev–Trinajstić information content (AvgIpc) is 2.64. The van der Waals surface area contributed by atoms with Gasteiger partial charge in [-0.1, -0.05) is 12.1 Å². The van der Waals surface area contributed by atoms with Gasteiger partial charge in [0, 0.05) is 25.7 Å². The maximum atomic E-state index is 13.1. The number of carbonyl (C=O) groups excluding carboxylic acids is 1. The first-order chi connectivity index (χ1) is 12.1. The van der Waals surface area contributed by atoms with E-state index in [2.05, 4.69) is 13.0 Å². The molecule has 3 rings (SSSR count). The van der Waals surface area contributed by atoms with Gasteiger partial charge in [0.15, 0.2) is 0 Å². The van der Waals surface area contributed by atoms with Crippen molar-refractivity contribution in [3.63, 3.8) is 0 Å². The molecule has 5 heteroatoms. The molecule has 0 saturated carbocycles. The summed E-state index contributed by atoms with van der Waals surface area (Å²) in [6.07, 6.45) is 4.76. The van der Waals surface area contributed by atoms with E-state index in [0.29, 0.717) is 37.5 Å². The van der Waals surface area contributed by atoms with Crippen LogP contribution in [0.1, 0.15) is 44.6 Å². The van der Waals surface area contributed by atoms with Crippen molar-refractivity contribution in [1.29, 1.82) is 5.26 Å². The lowest BCUT2D eigenvalue weighted by Gasteiger charge is -2.39. The number of nitrogens with zero attached hydrogens (tertiary/aromatic N) is 3. The Hall–Kier alpha value is -2.35. The minimum atomic E-state index is -0.304. The second-order valence-corrected chi connectivity index (χ2v) is 6.91. The summed E-state index contributed by atoms with van der Waals surface area (Å²) in [5, 5.41) is 9.52. The minimum Gasteiger partial charge on any atom is -0.324 e. The molecule has 0 aromatic heterocycles. The summed E-state index contributed by atoms with van der Waals surface area (Å²) >= 11 is 0. The number of hydrogen-bond acceptors (Lipinski definition) is 2. The molecular formula is C20H24FN3O. The van der Waals surface area contributed by atoms with Gasteiger partial charge in [0.2, 0.25) is 0 Å². The van der Waals surface area contributed by atoms with Crippen LogP contribution in [-0.2, 0) is 0 Å². The maximum Gasteiger partial charge on any atom is 0.320 e. The van der Waals surface area contributed by atoms with Crippen LogP contribution in [0.3, 0.4) is 0 Å². The summed E-state index contributed by atoms with van der Waals surface area (Å²) in [6.45, 7) is 4.25. The van der Waals surface area contributed by atoms with Crippen LogP contribution in [0.2, 0.25) is 0 Å². The topological polar surface area (TPSA) is 47.3 Å². The zero-order valence-electron chi connectivity index (χ0n) is 14.7. The van der Waals surface area contributed by atoms with Gasteiger partial charge in [-0.2, -0.15) is 5.26 Å². The second kappa shape index (κ2) is 7.69. The summed E-state index contributed by atoms with van der Waals surface area (Å²) in [5.41, 5.74) is 2.44. The van der Waals surface area contributed by atoms with Crippen LogP contribution >= 0.6 is 0 Å². The van der Waals surface area contributed by atoms with E-state index in [-0.39, 0.29) is 11.8 Å². The molecule has 25 heavy (non-hydrogen) atoms. The number of carbonyl (C=O) groups is 1. The Labute approximate surface area is 148 Å². The summed E-state index contributed by atoms with van der Waals surface area (Å²) in [7, 11) is 0. The second-order valence-electron chi connectivity index (χ2n) is 6.91. The number of hydrogen-bond donors (Lipinski definition) is 0. The molecule has 2 fully saturated rings.